The number of rotatable bonds is 4. The van der Waals surface area contributed by atoms with Gasteiger partial charge in [0.15, 0.2) is 5.82 Å². The Hall–Kier alpha value is -1.63. The lowest BCUT2D eigenvalue weighted by Crippen LogP contribution is -2.46. The minimum absolute atomic E-state index is 0.251. The van der Waals surface area contributed by atoms with Crippen LogP contribution in [0.15, 0.2) is 0 Å². The third-order valence-electron chi connectivity index (χ3n) is 5.21. The molecule has 3 rings (SSSR count). The van der Waals surface area contributed by atoms with Crippen LogP contribution >= 0.6 is 0 Å². The van der Waals surface area contributed by atoms with Gasteiger partial charge in [0.2, 0.25) is 0 Å². The number of aromatic nitrogens is 3. The van der Waals surface area contributed by atoms with E-state index in [4.69, 9.17) is 0 Å². The molecule has 2 aliphatic rings. The van der Waals surface area contributed by atoms with Crippen LogP contribution in [0.25, 0.3) is 0 Å². The summed E-state index contributed by atoms with van der Waals surface area (Å²) in [6.07, 6.45) is 10.4. The number of hydrogen-bond acceptors (Lipinski definition) is 4. The van der Waals surface area contributed by atoms with Crippen molar-refractivity contribution in [2.24, 2.45) is 0 Å². The molecule has 0 atom stereocenters. The molecule has 1 fully saturated rings. The van der Waals surface area contributed by atoms with Crippen LogP contribution in [-0.2, 0) is 19.5 Å². The maximum absolute atomic E-state index is 12.1. The van der Waals surface area contributed by atoms with E-state index in [1.807, 2.05) is 0 Å². The lowest BCUT2D eigenvalue weighted by atomic mass is 9.95. The lowest BCUT2D eigenvalue weighted by molar-refractivity contribution is 0.0276. The third-order valence-corrected chi connectivity index (χ3v) is 5.21. The highest BCUT2D eigenvalue weighted by Crippen LogP contribution is 2.26. The fraction of sp³-hybridized carbons (Fsp3) is 0.824. The molecule has 134 valence electrons. The molecular formula is C17H29N5O2. The Morgan fingerprint density at radius 1 is 1.04 bits per heavy atom. The van der Waals surface area contributed by atoms with Crippen molar-refractivity contribution in [2.75, 3.05) is 6.54 Å². The van der Waals surface area contributed by atoms with Gasteiger partial charge in [0, 0.05) is 19.5 Å². The van der Waals surface area contributed by atoms with Crippen LogP contribution in [0, 0.1) is 0 Å². The van der Waals surface area contributed by atoms with E-state index in [-0.39, 0.29) is 6.03 Å². The minimum atomic E-state index is -0.750. The maximum atomic E-state index is 12.1. The quantitative estimate of drug-likeness (QED) is 0.733. The molecule has 1 aliphatic heterocycles. The zero-order chi connectivity index (χ0) is 16.8. The summed E-state index contributed by atoms with van der Waals surface area (Å²) in [5.41, 5.74) is -0.750. The van der Waals surface area contributed by atoms with E-state index in [1.54, 1.807) is 0 Å². The highest BCUT2D eigenvalue weighted by atomic mass is 16.3. The average molecular weight is 335 g/mol. The van der Waals surface area contributed by atoms with Crippen molar-refractivity contribution in [1.29, 1.82) is 0 Å². The molecule has 1 aliphatic carbocycles. The number of hydrogen-bond donors (Lipinski definition) is 3. The van der Waals surface area contributed by atoms with E-state index in [0.29, 0.717) is 13.1 Å². The molecule has 0 aromatic carbocycles. The van der Waals surface area contributed by atoms with Gasteiger partial charge in [-0.15, -0.1) is 10.2 Å². The van der Waals surface area contributed by atoms with Crippen LogP contribution in [0.1, 0.15) is 69.4 Å². The van der Waals surface area contributed by atoms with E-state index in [1.165, 1.54) is 19.3 Å². The lowest BCUT2D eigenvalue weighted by Gasteiger charge is -2.26. The predicted molar refractivity (Wildman–Crippen MR) is 90.5 cm³/mol. The predicted octanol–water partition coefficient (Wildman–Crippen LogP) is 1.89. The Balaban J connectivity index is 1.46. The molecule has 0 unspecified atom stereocenters. The first-order valence-electron chi connectivity index (χ1n) is 9.31. The molecule has 0 saturated heterocycles. The van der Waals surface area contributed by atoms with Crippen molar-refractivity contribution in [3.8, 4) is 0 Å². The largest absolute Gasteiger partial charge is 0.388 e. The fourth-order valence-corrected chi connectivity index (χ4v) is 3.71. The Bertz CT molecular complexity index is 549. The van der Waals surface area contributed by atoms with Gasteiger partial charge in [0.05, 0.1) is 12.1 Å². The second-order valence-electron chi connectivity index (χ2n) is 7.17. The zero-order valence-corrected chi connectivity index (χ0v) is 14.4. The van der Waals surface area contributed by atoms with E-state index >= 15 is 0 Å². The highest BCUT2D eigenvalue weighted by molar-refractivity contribution is 5.73. The zero-order valence-electron chi connectivity index (χ0n) is 14.4. The number of nitrogens with one attached hydrogen (secondary N) is 2. The van der Waals surface area contributed by atoms with E-state index in [0.717, 1.165) is 63.1 Å². The fourth-order valence-electron chi connectivity index (χ4n) is 3.71. The number of nitrogens with zero attached hydrogens (tertiary/aromatic N) is 3. The van der Waals surface area contributed by atoms with Crippen LogP contribution < -0.4 is 10.6 Å². The van der Waals surface area contributed by atoms with E-state index < -0.39 is 5.60 Å². The Morgan fingerprint density at radius 2 is 1.79 bits per heavy atom. The summed E-state index contributed by atoms with van der Waals surface area (Å²) in [5, 5.41) is 24.7. The summed E-state index contributed by atoms with van der Waals surface area (Å²) in [6, 6.07) is -0.251. The first kappa shape index (κ1) is 17.2. The van der Waals surface area contributed by atoms with Gasteiger partial charge in [-0.1, -0.05) is 32.1 Å². The molecule has 0 spiro atoms. The number of carbonyl (C=O) groups is 1. The summed E-state index contributed by atoms with van der Waals surface area (Å²) >= 11 is 0. The van der Waals surface area contributed by atoms with Crippen molar-refractivity contribution in [3.05, 3.63) is 11.6 Å². The van der Waals surface area contributed by atoms with Crippen molar-refractivity contribution in [3.63, 3.8) is 0 Å². The summed E-state index contributed by atoms with van der Waals surface area (Å²) < 4.78 is 2.13. The molecule has 1 aromatic heterocycles. The van der Waals surface area contributed by atoms with Crippen LogP contribution in [0.3, 0.4) is 0 Å². The Kier molecular flexibility index (Phi) is 5.71. The monoisotopic (exact) mass is 335 g/mol. The molecule has 1 aromatic rings. The van der Waals surface area contributed by atoms with Crippen molar-refractivity contribution in [2.45, 2.75) is 82.9 Å². The molecule has 3 N–H and O–H groups in total. The second kappa shape index (κ2) is 7.96. The van der Waals surface area contributed by atoms with Gasteiger partial charge >= 0.3 is 6.03 Å². The van der Waals surface area contributed by atoms with E-state index in [2.05, 4.69) is 25.4 Å². The van der Waals surface area contributed by atoms with Gasteiger partial charge in [-0.3, -0.25) is 0 Å². The number of aliphatic hydroxyl groups is 1. The van der Waals surface area contributed by atoms with Crippen LogP contribution in [0.4, 0.5) is 4.79 Å². The summed E-state index contributed by atoms with van der Waals surface area (Å²) in [7, 11) is 0. The van der Waals surface area contributed by atoms with E-state index in [9.17, 15) is 9.90 Å². The standard InChI is InChI=1S/C17H29N5O2/c23-16(19-13-17(24)9-5-1-2-6-10-17)18-12-15-21-20-14-8-4-3-7-11-22(14)15/h24H,1-13H2,(H2,18,19,23). The summed E-state index contributed by atoms with van der Waals surface area (Å²) in [4.78, 5) is 12.1. The molecule has 0 bridgehead atoms. The molecular weight excluding hydrogens is 306 g/mol. The van der Waals surface area contributed by atoms with Crippen LogP contribution in [-0.4, -0.2) is 38.0 Å². The molecule has 0 radical (unpaired) electrons. The van der Waals surface area contributed by atoms with Gasteiger partial charge in [0.1, 0.15) is 5.82 Å². The molecule has 2 amide bonds. The maximum Gasteiger partial charge on any atom is 0.315 e. The van der Waals surface area contributed by atoms with Crippen molar-refractivity contribution in [1.82, 2.24) is 25.4 Å². The van der Waals surface area contributed by atoms with Gasteiger partial charge in [0.25, 0.3) is 0 Å². The first-order valence-corrected chi connectivity index (χ1v) is 9.31. The van der Waals surface area contributed by atoms with Gasteiger partial charge in [-0.25, -0.2) is 4.79 Å². The summed E-state index contributed by atoms with van der Waals surface area (Å²) in [5.74, 6) is 1.84. The minimum Gasteiger partial charge on any atom is -0.388 e. The smallest absolute Gasteiger partial charge is 0.315 e. The molecule has 1 saturated carbocycles. The molecule has 7 nitrogen and oxygen atoms in total. The normalized spacial score (nSPS) is 20.5. The summed E-state index contributed by atoms with van der Waals surface area (Å²) in [6.45, 7) is 1.62. The number of urea groups is 1. The van der Waals surface area contributed by atoms with Gasteiger partial charge in [-0.2, -0.15) is 0 Å². The van der Waals surface area contributed by atoms with Gasteiger partial charge < -0.3 is 20.3 Å². The Labute approximate surface area is 143 Å². The second-order valence-corrected chi connectivity index (χ2v) is 7.17. The number of carbonyl (C=O) groups excluding carboxylic acids is 1. The van der Waals surface area contributed by atoms with Crippen LogP contribution in [0.2, 0.25) is 0 Å². The number of amides is 2. The van der Waals surface area contributed by atoms with Crippen molar-refractivity contribution >= 4 is 6.03 Å². The number of aryl methyl sites for hydroxylation is 1. The topological polar surface area (TPSA) is 92.1 Å². The van der Waals surface area contributed by atoms with Crippen molar-refractivity contribution < 1.29 is 9.90 Å². The highest BCUT2D eigenvalue weighted by Gasteiger charge is 2.28. The molecule has 24 heavy (non-hydrogen) atoms. The third kappa shape index (κ3) is 4.47. The SMILES string of the molecule is O=C(NCc1nnc2n1CCCCC2)NCC1(O)CCCCCC1. The molecule has 2 heterocycles. The first-order chi connectivity index (χ1) is 11.7. The average Bonchev–Trinajstić information content (AvgIpc) is 2.75. The number of fused-ring (bicyclic) bond motifs is 1. The Morgan fingerprint density at radius 3 is 2.58 bits per heavy atom. The van der Waals surface area contributed by atoms with Crippen LogP contribution in [0.5, 0.6) is 0 Å². The van der Waals surface area contributed by atoms with Gasteiger partial charge in [-0.05, 0) is 25.7 Å². The molecule has 7 heteroatoms.